The number of hydrogen-bond acceptors (Lipinski definition) is 10. The number of hydrogen-bond donors (Lipinski definition) is 1. The topological polar surface area (TPSA) is 133 Å². The highest BCUT2D eigenvalue weighted by molar-refractivity contribution is 5.70. The van der Waals surface area contributed by atoms with Gasteiger partial charge in [-0.25, -0.2) is 4.79 Å². The maximum atomic E-state index is 12.7. The van der Waals surface area contributed by atoms with Crippen molar-refractivity contribution < 1.29 is 47.9 Å². The van der Waals surface area contributed by atoms with Crippen LogP contribution in [-0.2, 0) is 38.0 Å². The van der Waals surface area contributed by atoms with Gasteiger partial charge < -0.3 is 43.3 Å². The van der Waals surface area contributed by atoms with Crippen LogP contribution in [0.4, 0.5) is 4.79 Å². The Morgan fingerprint density at radius 1 is 0.538 bits per heavy atom. The number of ether oxygens (including phenoxy) is 6. The van der Waals surface area contributed by atoms with Crippen molar-refractivity contribution in [3.05, 3.63) is 0 Å². The van der Waals surface area contributed by atoms with Gasteiger partial charge in [-0.15, -0.1) is 0 Å². The molecule has 386 valence electrons. The smallest absolute Gasteiger partial charge is 0.409 e. The standard InChI is InChI=1S/C33H64N2O6.C20H40O4/c1-5-9-11-13-15-17-26-38-32(39-27-18-16-14-12-10-6-2)23-22-31(36)41-30-21-19-25-35(29-30)33(37)40-28-20-24-34(7-3)8-4;1-3-5-7-9-11-13-17-23-20(16-15-19(21)22)24-18-14-12-10-8-6-4-2/h30,32H,5-29H2,1-4H3;20H,3-18H2,1-2H3,(H,21,22). The molecule has 0 bridgehead atoms. The van der Waals surface area contributed by atoms with Gasteiger partial charge in [0.05, 0.1) is 26.0 Å². The van der Waals surface area contributed by atoms with Crippen LogP contribution in [0.3, 0.4) is 0 Å². The molecule has 1 saturated heterocycles. The average molecular weight is 929 g/mol. The first kappa shape index (κ1) is 63.0. The number of aliphatic carboxylic acids is 1. The van der Waals surface area contributed by atoms with E-state index < -0.39 is 5.97 Å². The van der Waals surface area contributed by atoms with E-state index in [1.54, 1.807) is 4.90 Å². The second-order valence-electron chi connectivity index (χ2n) is 18.1. The molecular formula is C53H104N2O10. The lowest BCUT2D eigenvalue weighted by atomic mass is 10.1. The number of carboxylic acids is 1. The third-order valence-corrected chi connectivity index (χ3v) is 12.1. The van der Waals surface area contributed by atoms with Gasteiger partial charge in [0.1, 0.15) is 6.10 Å². The molecule has 0 aromatic carbocycles. The molecule has 1 heterocycles. The first-order valence-electron chi connectivity index (χ1n) is 27.3. The fourth-order valence-corrected chi connectivity index (χ4v) is 7.82. The summed E-state index contributed by atoms with van der Waals surface area (Å²) in [5, 5.41) is 8.84. The summed E-state index contributed by atoms with van der Waals surface area (Å²) in [6.07, 6.45) is 31.6. The molecule has 1 rings (SSSR count). The van der Waals surface area contributed by atoms with Crippen molar-refractivity contribution in [1.29, 1.82) is 0 Å². The van der Waals surface area contributed by atoms with E-state index in [0.29, 0.717) is 59.0 Å². The SMILES string of the molecule is CCCCCCCCOC(CCC(=O)O)OCCCCCCCC.CCCCCCCCOC(CCC(=O)OC1CCCN(C(=O)OCCCN(CC)CC)C1)OCCCCCCCC. The fraction of sp³-hybridized carbons (Fsp3) is 0.943. The number of esters is 1. The van der Waals surface area contributed by atoms with Gasteiger partial charge in [0.15, 0.2) is 12.6 Å². The van der Waals surface area contributed by atoms with E-state index in [-0.39, 0.29) is 43.6 Å². The summed E-state index contributed by atoms with van der Waals surface area (Å²) in [6, 6.07) is 0. The monoisotopic (exact) mass is 929 g/mol. The van der Waals surface area contributed by atoms with E-state index in [0.717, 1.165) is 64.6 Å². The fourth-order valence-electron chi connectivity index (χ4n) is 7.82. The Bertz CT molecular complexity index is 1010. The molecule has 12 heteroatoms. The van der Waals surface area contributed by atoms with Crippen molar-refractivity contribution in [1.82, 2.24) is 9.80 Å². The highest BCUT2D eigenvalue weighted by Crippen LogP contribution is 2.18. The Hall–Kier alpha value is -1.99. The summed E-state index contributed by atoms with van der Waals surface area (Å²) >= 11 is 0. The van der Waals surface area contributed by atoms with Crippen LogP contribution in [-0.4, -0.2) is 117 Å². The lowest BCUT2D eigenvalue weighted by Gasteiger charge is -2.31. The lowest BCUT2D eigenvalue weighted by Crippen LogP contribution is -2.44. The molecule has 0 aromatic heterocycles. The third kappa shape index (κ3) is 41.9. The normalized spacial score (nSPS) is 14.0. The van der Waals surface area contributed by atoms with Crippen LogP contribution in [0.1, 0.15) is 241 Å². The van der Waals surface area contributed by atoms with E-state index in [4.69, 9.17) is 33.5 Å². The molecule has 0 saturated carbocycles. The van der Waals surface area contributed by atoms with Crippen molar-refractivity contribution in [2.24, 2.45) is 0 Å². The molecule has 1 unspecified atom stereocenters. The minimum atomic E-state index is -0.786. The van der Waals surface area contributed by atoms with Gasteiger partial charge in [-0.2, -0.15) is 0 Å². The largest absolute Gasteiger partial charge is 0.481 e. The van der Waals surface area contributed by atoms with E-state index in [9.17, 15) is 14.4 Å². The van der Waals surface area contributed by atoms with Crippen LogP contribution in [0.2, 0.25) is 0 Å². The number of piperidine rings is 1. The zero-order valence-corrected chi connectivity index (χ0v) is 43.2. The highest BCUT2D eigenvalue weighted by atomic mass is 16.7. The summed E-state index contributed by atoms with van der Waals surface area (Å²) < 4.78 is 34.9. The molecule has 1 N–H and O–H groups in total. The number of amides is 1. The van der Waals surface area contributed by atoms with Crippen molar-refractivity contribution >= 4 is 18.0 Å². The highest BCUT2D eigenvalue weighted by Gasteiger charge is 2.27. The van der Waals surface area contributed by atoms with E-state index in [1.165, 1.54) is 128 Å². The van der Waals surface area contributed by atoms with Gasteiger partial charge in [0, 0.05) is 52.4 Å². The summed E-state index contributed by atoms with van der Waals surface area (Å²) in [4.78, 5) is 40.0. The van der Waals surface area contributed by atoms with Crippen LogP contribution in [0.15, 0.2) is 0 Å². The average Bonchev–Trinajstić information content (AvgIpc) is 3.30. The minimum absolute atomic E-state index is 0.109. The van der Waals surface area contributed by atoms with Crippen molar-refractivity contribution in [3.63, 3.8) is 0 Å². The van der Waals surface area contributed by atoms with Crippen LogP contribution >= 0.6 is 0 Å². The molecule has 1 aliphatic heterocycles. The zero-order valence-electron chi connectivity index (χ0n) is 43.2. The lowest BCUT2D eigenvalue weighted by molar-refractivity contribution is -0.163. The van der Waals surface area contributed by atoms with E-state index in [1.807, 2.05) is 0 Å². The number of likely N-dealkylation sites (tertiary alicyclic amines) is 1. The van der Waals surface area contributed by atoms with Crippen LogP contribution < -0.4 is 0 Å². The third-order valence-electron chi connectivity index (χ3n) is 12.1. The first-order chi connectivity index (χ1) is 31.7. The summed E-state index contributed by atoms with van der Waals surface area (Å²) in [7, 11) is 0. The molecule has 0 aromatic rings. The molecule has 1 amide bonds. The summed E-state index contributed by atoms with van der Waals surface area (Å²) in [5.41, 5.74) is 0. The second-order valence-corrected chi connectivity index (χ2v) is 18.1. The first-order valence-corrected chi connectivity index (χ1v) is 27.3. The van der Waals surface area contributed by atoms with Crippen LogP contribution in [0.5, 0.6) is 0 Å². The van der Waals surface area contributed by atoms with Crippen LogP contribution in [0.25, 0.3) is 0 Å². The predicted molar refractivity (Wildman–Crippen MR) is 265 cm³/mol. The number of rotatable bonds is 45. The predicted octanol–water partition coefficient (Wildman–Crippen LogP) is 13.7. The Kier molecular flexibility index (Phi) is 47.0. The molecule has 0 spiro atoms. The zero-order chi connectivity index (χ0) is 47.9. The number of carbonyl (C=O) groups is 3. The summed E-state index contributed by atoms with van der Waals surface area (Å²) in [6.45, 7) is 20.2. The number of unbranched alkanes of at least 4 members (excludes halogenated alkanes) is 20. The van der Waals surface area contributed by atoms with Gasteiger partial charge in [0.2, 0.25) is 0 Å². The van der Waals surface area contributed by atoms with Crippen molar-refractivity contribution in [3.8, 4) is 0 Å². The van der Waals surface area contributed by atoms with Gasteiger partial charge in [-0.3, -0.25) is 9.59 Å². The van der Waals surface area contributed by atoms with Gasteiger partial charge in [-0.05, 0) is 58.0 Å². The van der Waals surface area contributed by atoms with E-state index in [2.05, 4.69) is 46.4 Å². The van der Waals surface area contributed by atoms with Gasteiger partial charge in [0.25, 0.3) is 0 Å². The quantitative estimate of drug-likeness (QED) is 0.0355. The Morgan fingerprint density at radius 3 is 1.34 bits per heavy atom. The maximum Gasteiger partial charge on any atom is 0.409 e. The molecule has 12 nitrogen and oxygen atoms in total. The number of nitrogens with zero attached hydrogens (tertiary/aromatic N) is 2. The Labute approximate surface area is 399 Å². The van der Waals surface area contributed by atoms with Crippen LogP contribution in [0, 0.1) is 0 Å². The molecule has 1 fully saturated rings. The molecule has 0 aliphatic carbocycles. The van der Waals surface area contributed by atoms with Crippen molar-refractivity contribution in [2.45, 2.75) is 259 Å². The van der Waals surface area contributed by atoms with Gasteiger partial charge in [-0.1, -0.05) is 170 Å². The summed E-state index contributed by atoms with van der Waals surface area (Å²) in [5.74, 6) is -1.04. The van der Waals surface area contributed by atoms with Crippen molar-refractivity contribution in [2.75, 3.05) is 65.8 Å². The number of carboxylic acid groups (broad SMARTS) is 1. The maximum absolute atomic E-state index is 12.7. The Morgan fingerprint density at radius 2 is 0.938 bits per heavy atom. The molecule has 65 heavy (non-hydrogen) atoms. The molecule has 0 radical (unpaired) electrons. The van der Waals surface area contributed by atoms with Gasteiger partial charge >= 0.3 is 18.0 Å². The Balaban J connectivity index is 0.00000145. The molecule has 1 aliphatic rings. The van der Waals surface area contributed by atoms with E-state index >= 15 is 0 Å². The minimum Gasteiger partial charge on any atom is -0.481 e. The molecule has 1 atom stereocenters. The second kappa shape index (κ2) is 48.5. The molecular weight excluding hydrogens is 825 g/mol. The number of carbonyl (C=O) groups excluding carboxylic acids is 2.